The molecule has 0 aliphatic rings. The van der Waals surface area contributed by atoms with Crippen LogP contribution in [0.15, 0.2) is 0 Å². The summed E-state index contributed by atoms with van der Waals surface area (Å²) in [6, 6.07) is 0.582. The number of nitrogens with one attached hydrogen (secondary N) is 1. The van der Waals surface area contributed by atoms with Crippen LogP contribution in [0, 0.1) is 5.92 Å². The normalized spacial score (nSPS) is 16.0. The standard InChI is InChI=1S/C10H24N2/c1-4-9(2)6-8-12-10(3)5-7-11/h9-10,12H,4-8,11H2,1-3H3/t9-,10?/m1/s1. The van der Waals surface area contributed by atoms with E-state index in [2.05, 4.69) is 26.1 Å². The highest BCUT2D eigenvalue weighted by Gasteiger charge is 2.01. The number of nitrogens with two attached hydrogens (primary N) is 1. The minimum Gasteiger partial charge on any atom is -0.330 e. The van der Waals surface area contributed by atoms with Crippen LogP contribution >= 0.6 is 0 Å². The maximum absolute atomic E-state index is 5.45. The smallest absolute Gasteiger partial charge is 0.00507 e. The van der Waals surface area contributed by atoms with E-state index in [1.165, 1.54) is 12.8 Å². The molecular formula is C10H24N2. The lowest BCUT2D eigenvalue weighted by Crippen LogP contribution is -2.29. The highest BCUT2D eigenvalue weighted by molar-refractivity contribution is 4.62. The van der Waals surface area contributed by atoms with Gasteiger partial charge in [0.15, 0.2) is 0 Å². The zero-order chi connectivity index (χ0) is 9.40. The number of hydrogen-bond acceptors (Lipinski definition) is 2. The molecule has 1 unspecified atom stereocenters. The first kappa shape index (κ1) is 11.9. The summed E-state index contributed by atoms with van der Waals surface area (Å²) >= 11 is 0. The summed E-state index contributed by atoms with van der Waals surface area (Å²) in [4.78, 5) is 0. The van der Waals surface area contributed by atoms with E-state index >= 15 is 0 Å². The van der Waals surface area contributed by atoms with Gasteiger partial charge in [-0.05, 0) is 38.8 Å². The Hall–Kier alpha value is -0.0800. The van der Waals surface area contributed by atoms with Crippen molar-refractivity contribution in [3.05, 3.63) is 0 Å². The van der Waals surface area contributed by atoms with E-state index in [4.69, 9.17) is 5.73 Å². The van der Waals surface area contributed by atoms with Crippen LogP contribution in [-0.2, 0) is 0 Å². The maximum Gasteiger partial charge on any atom is 0.00507 e. The van der Waals surface area contributed by atoms with E-state index in [1.54, 1.807) is 0 Å². The van der Waals surface area contributed by atoms with Crippen molar-refractivity contribution < 1.29 is 0 Å². The molecule has 2 nitrogen and oxygen atoms in total. The first-order chi connectivity index (χ1) is 5.70. The predicted molar refractivity (Wildman–Crippen MR) is 55.2 cm³/mol. The fourth-order valence-electron chi connectivity index (χ4n) is 1.13. The average molecular weight is 172 g/mol. The van der Waals surface area contributed by atoms with E-state index in [1.807, 2.05) is 0 Å². The van der Waals surface area contributed by atoms with E-state index in [0.29, 0.717) is 6.04 Å². The van der Waals surface area contributed by atoms with Crippen molar-refractivity contribution >= 4 is 0 Å². The molecule has 0 spiro atoms. The van der Waals surface area contributed by atoms with Crippen LogP contribution in [0.1, 0.15) is 40.0 Å². The third kappa shape index (κ3) is 6.62. The summed E-state index contributed by atoms with van der Waals surface area (Å²) in [7, 11) is 0. The van der Waals surface area contributed by atoms with Crippen molar-refractivity contribution in [2.45, 2.75) is 46.1 Å². The molecule has 0 heterocycles. The predicted octanol–water partition coefficient (Wildman–Crippen LogP) is 1.75. The topological polar surface area (TPSA) is 38.0 Å². The molecule has 0 rings (SSSR count). The molecular weight excluding hydrogens is 148 g/mol. The van der Waals surface area contributed by atoms with E-state index in [-0.39, 0.29) is 0 Å². The van der Waals surface area contributed by atoms with Gasteiger partial charge in [0.05, 0.1) is 0 Å². The second-order valence-corrected chi connectivity index (χ2v) is 3.73. The summed E-state index contributed by atoms with van der Waals surface area (Å²) < 4.78 is 0. The summed E-state index contributed by atoms with van der Waals surface area (Å²) in [6.07, 6.45) is 3.65. The van der Waals surface area contributed by atoms with Gasteiger partial charge in [-0.3, -0.25) is 0 Å². The average Bonchev–Trinajstić information content (AvgIpc) is 2.04. The first-order valence-corrected chi connectivity index (χ1v) is 5.14. The summed E-state index contributed by atoms with van der Waals surface area (Å²) in [5.41, 5.74) is 5.45. The Morgan fingerprint density at radius 1 is 1.25 bits per heavy atom. The molecule has 0 fully saturated rings. The second kappa shape index (κ2) is 7.56. The fourth-order valence-corrected chi connectivity index (χ4v) is 1.13. The largest absolute Gasteiger partial charge is 0.330 e. The Morgan fingerprint density at radius 2 is 1.92 bits per heavy atom. The molecule has 0 saturated carbocycles. The van der Waals surface area contributed by atoms with E-state index in [9.17, 15) is 0 Å². The van der Waals surface area contributed by atoms with Crippen LogP contribution < -0.4 is 11.1 Å². The molecule has 0 bridgehead atoms. The minimum atomic E-state index is 0.582. The molecule has 0 radical (unpaired) electrons. The third-order valence-corrected chi connectivity index (χ3v) is 2.43. The van der Waals surface area contributed by atoms with E-state index < -0.39 is 0 Å². The van der Waals surface area contributed by atoms with Crippen molar-refractivity contribution in [3.63, 3.8) is 0 Å². The van der Waals surface area contributed by atoms with Gasteiger partial charge in [0.1, 0.15) is 0 Å². The molecule has 0 aliphatic carbocycles. The first-order valence-electron chi connectivity index (χ1n) is 5.14. The Balaban J connectivity index is 3.18. The lowest BCUT2D eigenvalue weighted by atomic mass is 10.1. The van der Waals surface area contributed by atoms with E-state index in [0.717, 1.165) is 25.4 Å². The van der Waals surface area contributed by atoms with Gasteiger partial charge in [-0.1, -0.05) is 20.3 Å². The van der Waals surface area contributed by atoms with Crippen LogP contribution in [0.4, 0.5) is 0 Å². The summed E-state index contributed by atoms with van der Waals surface area (Å²) in [5.74, 6) is 0.850. The molecule has 0 aromatic heterocycles. The van der Waals surface area contributed by atoms with Crippen molar-refractivity contribution in [2.24, 2.45) is 11.7 Å². The van der Waals surface area contributed by atoms with Crippen molar-refractivity contribution in [1.29, 1.82) is 0 Å². The molecule has 12 heavy (non-hydrogen) atoms. The van der Waals surface area contributed by atoms with Gasteiger partial charge in [0.25, 0.3) is 0 Å². The summed E-state index contributed by atoms with van der Waals surface area (Å²) in [5, 5.41) is 3.47. The van der Waals surface area contributed by atoms with Gasteiger partial charge in [0.2, 0.25) is 0 Å². The van der Waals surface area contributed by atoms with Crippen molar-refractivity contribution in [1.82, 2.24) is 5.32 Å². The van der Waals surface area contributed by atoms with Gasteiger partial charge in [-0.2, -0.15) is 0 Å². The van der Waals surface area contributed by atoms with Gasteiger partial charge < -0.3 is 11.1 Å². The Kier molecular flexibility index (Phi) is 7.51. The zero-order valence-electron chi connectivity index (χ0n) is 8.77. The van der Waals surface area contributed by atoms with Gasteiger partial charge in [-0.15, -0.1) is 0 Å². The SMILES string of the molecule is CC[C@@H](C)CCNC(C)CCN. The molecule has 0 aromatic rings. The highest BCUT2D eigenvalue weighted by Crippen LogP contribution is 2.04. The Bertz CT molecular complexity index is 93.8. The van der Waals surface area contributed by atoms with Crippen molar-refractivity contribution in [3.8, 4) is 0 Å². The summed E-state index contributed by atoms with van der Waals surface area (Å²) in [6.45, 7) is 8.67. The highest BCUT2D eigenvalue weighted by atomic mass is 14.9. The lowest BCUT2D eigenvalue weighted by Gasteiger charge is -2.14. The van der Waals surface area contributed by atoms with Crippen molar-refractivity contribution in [2.75, 3.05) is 13.1 Å². The molecule has 2 atom stereocenters. The van der Waals surface area contributed by atoms with Crippen LogP contribution in [0.3, 0.4) is 0 Å². The van der Waals surface area contributed by atoms with Gasteiger partial charge >= 0.3 is 0 Å². The van der Waals surface area contributed by atoms with Crippen LogP contribution in [-0.4, -0.2) is 19.1 Å². The molecule has 74 valence electrons. The third-order valence-electron chi connectivity index (χ3n) is 2.43. The maximum atomic E-state index is 5.45. The van der Waals surface area contributed by atoms with Crippen LogP contribution in [0.5, 0.6) is 0 Å². The van der Waals surface area contributed by atoms with Gasteiger partial charge in [-0.25, -0.2) is 0 Å². The minimum absolute atomic E-state index is 0.582. The van der Waals surface area contributed by atoms with Crippen LogP contribution in [0.2, 0.25) is 0 Å². The molecule has 3 N–H and O–H groups in total. The fraction of sp³-hybridized carbons (Fsp3) is 1.00. The quantitative estimate of drug-likeness (QED) is 0.614. The number of rotatable bonds is 7. The number of hydrogen-bond donors (Lipinski definition) is 2. The van der Waals surface area contributed by atoms with Crippen LogP contribution in [0.25, 0.3) is 0 Å². The van der Waals surface area contributed by atoms with Gasteiger partial charge in [0, 0.05) is 6.04 Å². The Morgan fingerprint density at radius 3 is 2.42 bits per heavy atom. The molecule has 0 amide bonds. The second-order valence-electron chi connectivity index (χ2n) is 3.73. The lowest BCUT2D eigenvalue weighted by molar-refractivity contribution is 0.448. The molecule has 0 saturated heterocycles. The molecule has 0 aromatic carbocycles. The monoisotopic (exact) mass is 172 g/mol. The molecule has 2 heteroatoms. The molecule has 0 aliphatic heterocycles. The zero-order valence-corrected chi connectivity index (χ0v) is 8.77. The Labute approximate surface area is 76.9 Å².